The van der Waals surface area contributed by atoms with Gasteiger partial charge in [-0.3, -0.25) is 9.48 Å². The minimum absolute atomic E-state index is 0.223. The summed E-state index contributed by atoms with van der Waals surface area (Å²) in [5, 5.41) is 7.62. The molecule has 1 aromatic carbocycles. The maximum absolute atomic E-state index is 12.0. The van der Waals surface area contributed by atoms with Crippen LogP contribution in [0.25, 0.3) is 0 Å². The second-order valence-electron chi connectivity index (χ2n) is 3.85. The maximum Gasteiger partial charge on any atom is 0.259 e. The van der Waals surface area contributed by atoms with Gasteiger partial charge in [-0.2, -0.15) is 5.10 Å². The maximum atomic E-state index is 12.0. The molecule has 0 aliphatic rings. The fourth-order valence-corrected chi connectivity index (χ4v) is 1.79. The monoisotopic (exact) mass is 283 g/mol. The SMILES string of the molecule is Cc1c(C(=O)Nc2ccc(Cl)c(Cl)c2)cnn1C. The van der Waals surface area contributed by atoms with Gasteiger partial charge in [0, 0.05) is 18.4 Å². The molecule has 6 heteroatoms. The average molecular weight is 284 g/mol. The summed E-state index contributed by atoms with van der Waals surface area (Å²) in [7, 11) is 1.78. The van der Waals surface area contributed by atoms with Crippen LogP contribution in [-0.2, 0) is 7.05 Å². The van der Waals surface area contributed by atoms with Crippen molar-refractivity contribution in [1.82, 2.24) is 9.78 Å². The van der Waals surface area contributed by atoms with Crippen molar-refractivity contribution in [2.24, 2.45) is 7.05 Å². The molecule has 0 radical (unpaired) electrons. The molecule has 0 aliphatic carbocycles. The molecule has 0 bridgehead atoms. The van der Waals surface area contributed by atoms with Crippen molar-refractivity contribution in [3.63, 3.8) is 0 Å². The van der Waals surface area contributed by atoms with Crippen LogP contribution < -0.4 is 5.32 Å². The minimum atomic E-state index is -0.223. The van der Waals surface area contributed by atoms with E-state index in [9.17, 15) is 4.79 Å². The summed E-state index contributed by atoms with van der Waals surface area (Å²) in [6.45, 7) is 1.83. The van der Waals surface area contributed by atoms with E-state index >= 15 is 0 Å². The zero-order chi connectivity index (χ0) is 13.3. The summed E-state index contributed by atoms with van der Waals surface area (Å²) >= 11 is 11.7. The fourth-order valence-electron chi connectivity index (χ4n) is 1.49. The van der Waals surface area contributed by atoms with E-state index < -0.39 is 0 Å². The largest absolute Gasteiger partial charge is 0.322 e. The molecule has 94 valence electrons. The zero-order valence-electron chi connectivity index (χ0n) is 9.87. The van der Waals surface area contributed by atoms with Gasteiger partial charge in [-0.05, 0) is 25.1 Å². The first-order valence-electron chi connectivity index (χ1n) is 5.24. The number of hydrogen-bond acceptors (Lipinski definition) is 2. The first kappa shape index (κ1) is 12.9. The van der Waals surface area contributed by atoms with Crippen LogP contribution in [0, 0.1) is 6.92 Å². The molecule has 1 heterocycles. The quantitative estimate of drug-likeness (QED) is 0.919. The lowest BCUT2D eigenvalue weighted by molar-refractivity contribution is 0.102. The van der Waals surface area contributed by atoms with E-state index in [-0.39, 0.29) is 5.91 Å². The smallest absolute Gasteiger partial charge is 0.259 e. The van der Waals surface area contributed by atoms with E-state index in [4.69, 9.17) is 23.2 Å². The summed E-state index contributed by atoms with van der Waals surface area (Å²) in [6.07, 6.45) is 1.53. The molecule has 2 aromatic rings. The summed E-state index contributed by atoms with van der Waals surface area (Å²) < 4.78 is 1.64. The highest BCUT2D eigenvalue weighted by atomic mass is 35.5. The van der Waals surface area contributed by atoms with Crippen molar-refractivity contribution in [2.45, 2.75) is 6.92 Å². The molecule has 0 saturated carbocycles. The number of halogens is 2. The van der Waals surface area contributed by atoms with Gasteiger partial charge in [0.25, 0.3) is 5.91 Å². The highest BCUT2D eigenvalue weighted by Crippen LogP contribution is 2.25. The van der Waals surface area contributed by atoms with Crippen molar-refractivity contribution in [2.75, 3.05) is 5.32 Å². The van der Waals surface area contributed by atoms with Crippen LogP contribution in [0.1, 0.15) is 16.1 Å². The van der Waals surface area contributed by atoms with Crippen molar-refractivity contribution in [3.05, 3.63) is 45.7 Å². The fraction of sp³-hybridized carbons (Fsp3) is 0.167. The molecule has 0 spiro atoms. The Bertz CT molecular complexity index is 607. The molecule has 1 N–H and O–H groups in total. The second-order valence-corrected chi connectivity index (χ2v) is 4.66. The number of carbonyl (C=O) groups is 1. The van der Waals surface area contributed by atoms with Gasteiger partial charge in [0.05, 0.1) is 21.8 Å². The highest BCUT2D eigenvalue weighted by Gasteiger charge is 2.13. The lowest BCUT2D eigenvalue weighted by Gasteiger charge is -2.06. The van der Waals surface area contributed by atoms with Crippen molar-refractivity contribution < 1.29 is 4.79 Å². The third-order valence-corrected chi connectivity index (χ3v) is 3.40. The number of carbonyl (C=O) groups excluding carboxylic acids is 1. The topological polar surface area (TPSA) is 46.9 Å². The molecule has 4 nitrogen and oxygen atoms in total. The van der Waals surface area contributed by atoms with Gasteiger partial charge in [-0.1, -0.05) is 23.2 Å². The predicted molar refractivity (Wildman–Crippen MR) is 72.4 cm³/mol. The van der Waals surface area contributed by atoms with E-state index in [1.165, 1.54) is 6.20 Å². The number of nitrogens with one attached hydrogen (secondary N) is 1. The number of hydrogen-bond donors (Lipinski definition) is 1. The third kappa shape index (κ3) is 2.49. The van der Waals surface area contributed by atoms with Gasteiger partial charge in [-0.25, -0.2) is 0 Å². The molecule has 0 fully saturated rings. The lowest BCUT2D eigenvalue weighted by Crippen LogP contribution is -2.12. The molecule has 0 aliphatic heterocycles. The molecule has 1 aromatic heterocycles. The highest BCUT2D eigenvalue weighted by molar-refractivity contribution is 6.42. The first-order chi connectivity index (χ1) is 8.49. The summed E-state index contributed by atoms with van der Waals surface area (Å²) in [5.74, 6) is -0.223. The first-order valence-corrected chi connectivity index (χ1v) is 5.99. The van der Waals surface area contributed by atoms with Gasteiger partial charge in [-0.15, -0.1) is 0 Å². The number of rotatable bonds is 2. The zero-order valence-corrected chi connectivity index (χ0v) is 11.4. The Balaban J connectivity index is 2.21. The van der Waals surface area contributed by atoms with E-state index in [1.807, 2.05) is 6.92 Å². The Hall–Kier alpha value is -1.52. The third-order valence-electron chi connectivity index (χ3n) is 2.66. The molecular formula is C12H11Cl2N3O. The number of nitrogens with zero attached hydrogens (tertiary/aromatic N) is 2. The summed E-state index contributed by atoms with van der Waals surface area (Å²) in [5.41, 5.74) is 1.92. The Morgan fingerprint density at radius 2 is 2.06 bits per heavy atom. The van der Waals surface area contributed by atoms with Crippen LogP contribution in [0.15, 0.2) is 24.4 Å². The van der Waals surface area contributed by atoms with E-state index in [0.717, 1.165) is 5.69 Å². The number of benzene rings is 1. The van der Waals surface area contributed by atoms with Gasteiger partial charge < -0.3 is 5.32 Å². The molecule has 0 atom stereocenters. The molecule has 0 saturated heterocycles. The van der Waals surface area contributed by atoms with Gasteiger partial charge in [0.2, 0.25) is 0 Å². The van der Waals surface area contributed by atoms with Crippen LogP contribution in [0.2, 0.25) is 10.0 Å². The van der Waals surface area contributed by atoms with Crippen molar-refractivity contribution in [3.8, 4) is 0 Å². The van der Waals surface area contributed by atoms with Crippen molar-refractivity contribution in [1.29, 1.82) is 0 Å². The molecule has 1 amide bonds. The molecule has 18 heavy (non-hydrogen) atoms. The molecule has 2 rings (SSSR count). The van der Waals surface area contributed by atoms with E-state index in [2.05, 4.69) is 10.4 Å². The van der Waals surface area contributed by atoms with Crippen LogP contribution in [0.3, 0.4) is 0 Å². The minimum Gasteiger partial charge on any atom is -0.322 e. The summed E-state index contributed by atoms with van der Waals surface area (Å²) in [6, 6.07) is 4.93. The Kier molecular flexibility index (Phi) is 3.59. The number of amides is 1. The number of anilines is 1. The van der Waals surface area contributed by atoms with E-state index in [0.29, 0.717) is 21.3 Å². The van der Waals surface area contributed by atoms with Crippen LogP contribution in [-0.4, -0.2) is 15.7 Å². The Morgan fingerprint density at radius 1 is 1.33 bits per heavy atom. The standard InChI is InChI=1S/C12H11Cl2N3O/c1-7-9(6-15-17(7)2)12(18)16-8-3-4-10(13)11(14)5-8/h3-6H,1-2H3,(H,16,18). The normalized spacial score (nSPS) is 10.4. The summed E-state index contributed by atoms with van der Waals surface area (Å²) in [4.78, 5) is 12.0. The predicted octanol–water partition coefficient (Wildman–Crippen LogP) is 3.29. The number of aryl methyl sites for hydroxylation is 1. The van der Waals surface area contributed by atoms with Gasteiger partial charge >= 0.3 is 0 Å². The molecule has 0 unspecified atom stereocenters. The Labute approximate surface area is 115 Å². The second kappa shape index (κ2) is 5.00. The van der Waals surface area contributed by atoms with E-state index in [1.54, 1.807) is 29.9 Å². The van der Waals surface area contributed by atoms with Crippen molar-refractivity contribution >= 4 is 34.8 Å². The average Bonchev–Trinajstić information content (AvgIpc) is 2.65. The molecular weight excluding hydrogens is 273 g/mol. The Morgan fingerprint density at radius 3 is 2.61 bits per heavy atom. The van der Waals surface area contributed by atoms with Crippen LogP contribution >= 0.6 is 23.2 Å². The lowest BCUT2D eigenvalue weighted by atomic mass is 10.2. The van der Waals surface area contributed by atoms with Gasteiger partial charge in [0.1, 0.15) is 0 Å². The number of aromatic nitrogens is 2. The van der Waals surface area contributed by atoms with Crippen LogP contribution in [0.5, 0.6) is 0 Å². The van der Waals surface area contributed by atoms with Gasteiger partial charge in [0.15, 0.2) is 0 Å². The van der Waals surface area contributed by atoms with Crippen LogP contribution in [0.4, 0.5) is 5.69 Å².